The van der Waals surface area contributed by atoms with Crippen LogP contribution in [-0.4, -0.2) is 34.3 Å². The summed E-state index contributed by atoms with van der Waals surface area (Å²) in [5.74, 6) is -1.01. The second-order valence-corrected chi connectivity index (χ2v) is 5.38. The normalized spacial score (nSPS) is 17.1. The topological polar surface area (TPSA) is 86.3 Å². The number of rotatable bonds is 2. The fourth-order valence-electron chi connectivity index (χ4n) is 2.63. The Balaban J connectivity index is 0.00000225. The minimum atomic E-state index is -4.60. The maximum absolute atomic E-state index is 12.9. The lowest BCUT2D eigenvalue weighted by Crippen LogP contribution is -2.43. The van der Waals surface area contributed by atoms with E-state index in [2.05, 4.69) is 10.1 Å². The third-order valence-electron chi connectivity index (χ3n) is 3.76. The minimum absolute atomic E-state index is 0. The van der Waals surface area contributed by atoms with Crippen LogP contribution in [0.3, 0.4) is 0 Å². The summed E-state index contributed by atoms with van der Waals surface area (Å²) in [5.41, 5.74) is 5.16. The third-order valence-corrected chi connectivity index (χ3v) is 3.76. The first-order valence-corrected chi connectivity index (χ1v) is 7.01. The number of alkyl halides is 3. The molecule has 2 N–H and O–H groups in total. The molecule has 1 atom stereocenters. The molecule has 0 bridgehead atoms. The number of carbonyl (C=O) groups excluding carboxylic acids is 1. The summed E-state index contributed by atoms with van der Waals surface area (Å²) >= 11 is 0. The molecule has 0 unspecified atom stereocenters. The maximum Gasteiger partial charge on any atom is 0.421 e. The molecule has 1 aliphatic rings. The van der Waals surface area contributed by atoms with Gasteiger partial charge in [0, 0.05) is 6.54 Å². The van der Waals surface area contributed by atoms with Gasteiger partial charge in [0.1, 0.15) is 17.1 Å². The molecule has 2 aromatic heterocycles. The average molecular weight is 375 g/mol. The van der Waals surface area contributed by atoms with Crippen molar-refractivity contribution < 1.29 is 22.7 Å². The Kier molecular flexibility index (Phi) is 4.89. The van der Waals surface area contributed by atoms with E-state index >= 15 is 0 Å². The van der Waals surface area contributed by atoms with E-state index in [0.29, 0.717) is 0 Å². The van der Waals surface area contributed by atoms with Crippen LogP contribution in [0.25, 0.3) is 0 Å². The van der Waals surface area contributed by atoms with Crippen molar-refractivity contribution in [1.82, 2.24) is 14.8 Å². The maximum atomic E-state index is 12.9. The van der Waals surface area contributed by atoms with Crippen LogP contribution in [0.4, 0.5) is 24.7 Å². The van der Waals surface area contributed by atoms with Gasteiger partial charge in [-0.3, -0.25) is 14.4 Å². The molecule has 7 nitrogen and oxygen atoms in total. The number of nitrogen functional groups attached to an aromatic ring is 1. The van der Waals surface area contributed by atoms with Crippen molar-refractivity contribution in [2.45, 2.75) is 19.1 Å². The number of nitrogens with zero attached hydrogens (tertiary/aromatic N) is 4. The van der Waals surface area contributed by atoms with Gasteiger partial charge in [-0.05, 0) is 19.1 Å². The van der Waals surface area contributed by atoms with Crippen molar-refractivity contribution in [3.05, 3.63) is 29.6 Å². The number of methoxy groups -OCH3 is 1. The van der Waals surface area contributed by atoms with Crippen molar-refractivity contribution in [1.29, 1.82) is 0 Å². The molecule has 0 saturated heterocycles. The molecule has 1 aliphatic heterocycles. The monoisotopic (exact) mass is 375 g/mol. The fraction of sp³-hybridized carbons (Fsp3) is 0.357. The van der Waals surface area contributed by atoms with E-state index in [0.717, 1.165) is 19.2 Å². The Bertz CT molecular complexity index is 808. The highest BCUT2D eigenvalue weighted by atomic mass is 32.1. The number of hydrogen-bond acceptors (Lipinski definition) is 5. The lowest BCUT2D eigenvalue weighted by atomic mass is 10.1. The number of nitrogens with two attached hydrogens (primary N) is 1. The molecule has 0 aliphatic carbocycles. The van der Waals surface area contributed by atoms with Crippen LogP contribution in [-0.2, 0) is 6.18 Å². The number of aromatic nitrogens is 3. The van der Waals surface area contributed by atoms with Gasteiger partial charge in [0.15, 0.2) is 0 Å². The molecule has 0 saturated carbocycles. The molecular weight excluding hydrogens is 359 g/mol. The van der Waals surface area contributed by atoms with E-state index in [-0.39, 0.29) is 43.3 Å². The zero-order chi connectivity index (χ0) is 17.6. The van der Waals surface area contributed by atoms with Gasteiger partial charge in [-0.15, -0.1) is 0 Å². The molecule has 11 heteroatoms. The summed E-state index contributed by atoms with van der Waals surface area (Å²) in [6.07, 6.45) is -3.23. The van der Waals surface area contributed by atoms with Crippen molar-refractivity contribution in [2.75, 3.05) is 24.3 Å². The number of ether oxygens (including phenoxy) is 1. The second-order valence-electron chi connectivity index (χ2n) is 5.38. The van der Waals surface area contributed by atoms with Crippen molar-refractivity contribution >= 4 is 30.9 Å². The summed E-state index contributed by atoms with van der Waals surface area (Å²) in [6, 6.07) is 1.78. The molecule has 25 heavy (non-hydrogen) atoms. The number of hydrogen-bond donors (Lipinski definition) is 1. The summed E-state index contributed by atoms with van der Waals surface area (Å²) in [4.78, 5) is 17.7. The van der Waals surface area contributed by atoms with Gasteiger partial charge < -0.3 is 10.5 Å². The predicted molar refractivity (Wildman–Crippen MR) is 89.2 cm³/mol. The molecule has 3 heterocycles. The van der Waals surface area contributed by atoms with Crippen LogP contribution in [0.5, 0.6) is 5.88 Å². The molecule has 1 amide bonds. The molecule has 3 rings (SSSR count). The number of fused-ring (bicyclic) bond motifs is 1. The van der Waals surface area contributed by atoms with Crippen LogP contribution in [0, 0.1) is 0 Å². The van der Waals surface area contributed by atoms with Gasteiger partial charge in [0.2, 0.25) is 5.88 Å². The van der Waals surface area contributed by atoms with Crippen molar-refractivity contribution in [3.63, 3.8) is 0 Å². The fourth-order valence-corrected chi connectivity index (χ4v) is 2.63. The quantitative estimate of drug-likeness (QED) is 0.870. The van der Waals surface area contributed by atoms with Crippen LogP contribution in [0.15, 0.2) is 18.3 Å². The van der Waals surface area contributed by atoms with Gasteiger partial charge in [0.25, 0.3) is 5.91 Å². The van der Waals surface area contributed by atoms with Crippen LogP contribution in [0.2, 0.25) is 0 Å². The first-order chi connectivity index (χ1) is 11.2. The average Bonchev–Trinajstić information content (AvgIpc) is 2.92. The Hall–Kier alpha value is -2.43. The summed E-state index contributed by atoms with van der Waals surface area (Å²) < 4.78 is 45.0. The highest BCUT2D eigenvalue weighted by Gasteiger charge is 2.37. The summed E-state index contributed by atoms with van der Waals surface area (Å²) in [7, 11) is 1.09. The predicted octanol–water partition coefficient (Wildman–Crippen LogP) is 2.22. The third kappa shape index (κ3) is 3.11. The molecular formula is C14H16F3N5O2S. The minimum Gasteiger partial charge on any atom is -0.481 e. The zero-order valence-electron chi connectivity index (χ0n) is 13.3. The highest BCUT2D eigenvalue weighted by Crippen LogP contribution is 2.37. The number of carbonyl (C=O) groups is 1. The SMILES string of the molecule is COc1nc(N2C[C@H](C)n3ncc(N)c3C2=O)ccc1C(F)(F)F.S. The van der Waals surface area contributed by atoms with Gasteiger partial charge >= 0.3 is 6.18 Å². The number of pyridine rings is 1. The molecule has 0 fully saturated rings. The first kappa shape index (κ1) is 18.9. The Labute approximate surface area is 148 Å². The summed E-state index contributed by atoms with van der Waals surface area (Å²) in [5, 5.41) is 4.05. The molecule has 2 aromatic rings. The van der Waals surface area contributed by atoms with Gasteiger partial charge in [-0.1, -0.05) is 0 Å². The Morgan fingerprint density at radius 3 is 2.64 bits per heavy atom. The molecule has 0 aromatic carbocycles. The highest BCUT2D eigenvalue weighted by molar-refractivity contribution is 7.59. The van der Waals surface area contributed by atoms with Crippen LogP contribution >= 0.6 is 13.5 Å². The number of anilines is 2. The number of halogens is 3. The van der Waals surface area contributed by atoms with Crippen LogP contribution < -0.4 is 15.4 Å². The number of amides is 1. The Morgan fingerprint density at radius 1 is 1.36 bits per heavy atom. The second kappa shape index (κ2) is 6.47. The largest absolute Gasteiger partial charge is 0.481 e. The van der Waals surface area contributed by atoms with E-state index in [1.54, 1.807) is 0 Å². The zero-order valence-corrected chi connectivity index (χ0v) is 14.3. The molecule has 136 valence electrons. The molecule has 0 spiro atoms. The van der Waals surface area contributed by atoms with Gasteiger partial charge in [-0.2, -0.15) is 36.7 Å². The molecule has 0 radical (unpaired) electrons. The van der Waals surface area contributed by atoms with Crippen molar-refractivity contribution in [3.8, 4) is 5.88 Å². The van der Waals surface area contributed by atoms with E-state index in [1.807, 2.05) is 6.92 Å². The Morgan fingerprint density at radius 2 is 2.04 bits per heavy atom. The standard InChI is InChI=1S/C14H14F3N5O2.H2S/c1-7-6-21(13(23)11-9(18)5-19-22(7)11)10-4-3-8(14(15,16)17)12(20-10)24-2;/h3-5,7H,6,18H2,1-2H3;1H2/t7-;/m0./s1. The lowest BCUT2D eigenvalue weighted by Gasteiger charge is -2.31. The van der Waals surface area contributed by atoms with E-state index in [9.17, 15) is 18.0 Å². The smallest absolute Gasteiger partial charge is 0.421 e. The van der Waals surface area contributed by atoms with Gasteiger partial charge in [-0.25, -0.2) is 0 Å². The first-order valence-electron chi connectivity index (χ1n) is 7.01. The van der Waals surface area contributed by atoms with E-state index in [4.69, 9.17) is 10.5 Å². The van der Waals surface area contributed by atoms with Gasteiger partial charge in [0.05, 0.1) is 25.0 Å². The lowest BCUT2D eigenvalue weighted by molar-refractivity contribution is -0.139. The van der Waals surface area contributed by atoms with E-state index in [1.165, 1.54) is 15.8 Å². The summed E-state index contributed by atoms with van der Waals surface area (Å²) in [6.45, 7) is 2.02. The van der Waals surface area contributed by atoms with E-state index < -0.39 is 23.5 Å². The van der Waals surface area contributed by atoms with Crippen LogP contribution in [0.1, 0.15) is 29.0 Å². The van der Waals surface area contributed by atoms with Crippen molar-refractivity contribution in [2.24, 2.45) is 0 Å².